The van der Waals surface area contributed by atoms with Crippen LogP contribution >= 0.6 is 0 Å². The monoisotopic (exact) mass is 342 g/mol. The first-order chi connectivity index (χ1) is 12.0. The zero-order chi connectivity index (χ0) is 18.2. The van der Waals surface area contributed by atoms with Gasteiger partial charge in [0.1, 0.15) is 5.75 Å². The third-order valence-electron chi connectivity index (χ3n) is 3.55. The molecule has 0 radical (unpaired) electrons. The van der Waals surface area contributed by atoms with E-state index in [1.165, 1.54) is 24.3 Å². The molecule has 1 amide bonds. The van der Waals surface area contributed by atoms with Gasteiger partial charge in [-0.1, -0.05) is 26.0 Å². The lowest BCUT2D eigenvalue weighted by atomic mass is 10.1. The molecular formula is C19H22N2O4. The van der Waals surface area contributed by atoms with Crippen LogP contribution in [0.2, 0.25) is 0 Å². The molecule has 0 aliphatic rings. The van der Waals surface area contributed by atoms with E-state index < -0.39 is 4.92 Å². The fourth-order valence-corrected chi connectivity index (χ4v) is 2.17. The molecular weight excluding hydrogens is 320 g/mol. The van der Waals surface area contributed by atoms with Gasteiger partial charge in [-0.25, -0.2) is 0 Å². The summed E-state index contributed by atoms with van der Waals surface area (Å²) in [6.07, 6.45) is 0.698. The fourth-order valence-electron chi connectivity index (χ4n) is 2.17. The molecule has 0 saturated heterocycles. The Balaban J connectivity index is 1.79. The number of non-ortho nitro benzene ring substituents is 1. The molecule has 6 heteroatoms. The minimum absolute atomic E-state index is 0.0312. The van der Waals surface area contributed by atoms with Gasteiger partial charge in [0, 0.05) is 24.2 Å². The predicted octanol–water partition coefficient (Wildman–Crippen LogP) is 3.60. The van der Waals surface area contributed by atoms with Crippen LogP contribution in [-0.2, 0) is 6.42 Å². The Morgan fingerprint density at radius 3 is 2.32 bits per heavy atom. The van der Waals surface area contributed by atoms with E-state index in [2.05, 4.69) is 19.2 Å². The van der Waals surface area contributed by atoms with E-state index in [1.54, 1.807) is 0 Å². The number of carbonyl (C=O) groups is 1. The second-order valence-electron chi connectivity index (χ2n) is 6.16. The van der Waals surface area contributed by atoms with Crippen LogP contribution in [0, 0.1) is 16.0 Å². The number of hydrogen-bond acceptors (Lipinski definition) is 4. The minimum Gasteiger partial charge on any atom is -0.493 e. The van der Waals surface area contributed by atoms with Crippen LogP contribution in [0.15, 0.2) is 48.5 Å². The number of benzene rings is 2. The molecule has 0 aliphatic carbocycles. The Morgan fingerprint density at radius 2 is 1.76 bits per heavy atom. The van der Waals surface area contributed by atoms with E-state index >= 15 is 0 Å². The first-order valence-electron chi connectivity index (χ1n) is 8.20. The van der Waals surface area contributed by atoms with Crippen LogP contribution < -0.4 is 10.1 Å². The van der Waals surface area contributed by atoms with Crippen LogP contribution in [-0.4, -0.2) is 24.0 Å². The molecule has 0 saturated carbocycles. The van der Waals surface area contributed by atoms with Gasteiger partial charge in [0.25, 0.3) is 11.6 Å². The molecule has 0 atom stereocenters. The highest BCUT2D eigenvalue weighted by molar-refractivity contribution is 5.94. The van der Waals surface area contributed by atoms with Gasteiger partial charge in [-0.3, -0.25) is 14.9 Å². The molecule has 0 heterocycles. The smallest absolute Gasteiger partial charge is 0.269 e. The summed E-state index contributed by atoms with van der Waals surface area (Å²) in [5.41, 5.74) is 1.47. The van der Waals surface area contributed by atoms with Crippen molar-refractivity contribution < 1.29 is 14.5 Å². The Morgan fingerprint density at radius 1 is 1.12 bits per heavy atom. The lowest BCUT2D eigenvalue weighted by Gasteiger charge is -2.09. The van der Waals surface area contributed by atoms with Gasteiger partial charge < -0.3 is 10.1 Å². The number of hydrogen-bond donors (Lipinski definition) is 1. The van der Waals surface area contributed by atoms with Crippen molar-refractivity contribution in [2.24, 2.45) is 5.92 Å². The molecule has 0 aliphatic heterocycles. The summed E-state index contributed by atoms with van der Waals surface area (Å²) in [7, 11) is 0. The summed E-state index contributed by atoms with van der Waals surface area (Å²) >= 11 is 0. The van der Waals surface area contributed by atoms with E-state index in [4.69, 9.17) is 4.74 Å². The van der Waals surface area contributed by atoms with Crippen LogP contribution in [0.1, 0.15) is 29.8 Å². The lowest BCUT2D eigenvalue weighted by molar-refractivity contribution is -0.384. The Hall–Kier alpha value is -2.89. The average Bonchev–Trinajstić information content (AvgIpc) is 2.61. The molecule has 0 spiro atoms. The predicted molar refractivity (Wildman–Crippen MR) is 95.9 cm³/mol. The van der Waals surface area contributed by atoms with Gasteiger partial charge in [-0.15, -0.1) is 0 Å². The topological polar surface area (TPSA) is 81.5 Å². The summed E-state index contributed by atoms with van der Waals surface area (Å²) in [5.74, 6) is 1.08. The second-order valence-corrected chi connectivity index (χ2v) is 6.16. The van der Waals surface area contributed by atoms with Crippen molar-refractivity contribution in [3.63, 3.8) is 0 Å². The largest absolute Gasteiger partial charge is 0.493 e. The third kappa shape index (κ3) is 5.91. The number of nitro groups is 1. The molecule has 0 bridgehead atoms. The van der Waals surface area contributed by atoms with Gasteiger partial charge in [-0.05, 0) is 42.2 Å². The zero-order valence-electron chi connectivity index (χ0n) is 14.4. The van der Waals surface area contributed by atoms with E-state index in [9.17, 15) is 14.9 Å². The van der Waals surface area contributed by atoms with Crippen molar-refractivity contribution in [3.8, 4) is 5.75 Å². The summed E-state index contributed by atoms with van der Waals surface area (Å²) in [4.78, 5) is 22.1. The SMILES string of the molecule is CC(C)COc1ccc(CCNC(=O)c2ccc([N+](=O)[O-])cc2)cc1. The van der Waals surface area contributed by atoms with Crippen LogP contribution in [0.3, 0.4) is 0 Å². The maximum atomic E-state index is 12.0. The first kappa shape index (κ1) is 18.4. The second kappa shape index (κ2) is 8.82. The van der Waals surface area contributed by atoms with Gasteiger partial charge in [-0.2, -0.15) is 0 Å². The Kier molecular flexibility index (Phi) is 6.51. The number of nitrogens with zero attached hydrogens (tertiary/aromatic N) is 1. The summed E-state index contributed by atoms with van der Waals surface area (Å²) < 4.78 is 5.63. The molecule has 0 fully saturated rings. The van der Waals surface area contributed by atoms with Gasteiger partial charge in [0.2, 0.25) is 0 Å². The van der Waals surface area contributed by atoms with Crippen molar-refractivity contribution in [1.29, 1.82) is 0 Å². The van der Waals surface area contributed by atoms with Crippen LogP contribution in [0.25, 0.3) is 0 Å². The van der Waals surface area contributed by atoms with Crippen molar-refractivity contribution in [1.82, 2.24) is 5.32 Å². The van der Waals surface area contributed by atoms with Crippen molar-refractivity contribution >= 4 is 11.6 Å². The summed E-state index contributed by atoms with van der Waals surface area (Å²) in [6.45, 7) is 5.37. The standard InChI is InChI=1S/C19H22N2O4/c1-14(2)13-25-18-9-3-15(4-10-18)11-12-20-19(22)16-5-7-17(8-6-16)21(23)24/h3-10,14H,11-13H2,1-2H3,(H,20,22). The average molecular weight is 342 g/mol. The van der Waals surface area contributed by atoms with Crippen LogP contribution in [0.4, 0.5) is 5.69 Å². The fraction of sp³-hybridized carbons (Fsp3) is 0.316. The van der Waals surface area contributed by atoms with E-state index in [0.29, 0.717) is 31.1 Å². The maximum absolute atomic E-state index is 12.0. The first-order valence-corrected chi connectivity index (χ1v) is 8.20. The molecule has 1 N–H and O–H groups in total. The molecule has 0 aromatic heterocycles. The Labute approximate surface area is 147 Å². The molecule has 6 nitrogen and oxygen atoms in total. The summed E-state index contributed by atoms with van der Waals surface area (Å²) in [5, 5.41) is 13.4. The number of rotatable bonds is 8. The molecule has 132 valence electrons. The highest BCUT2D eigenvalue weighted by atomic mass is 16.6. The lowest BCUT2D eigenvalue weighted by Crippen LogP contribution is -2.25. The number of carbonyl (C=O) groups excluding carboxylic acids is 1. The molecule has 25 heavy (non-hydrogen) atoms. The molecule has 0 unspecified atom stereocenters. The van der Waals surface area contributed by atoms with Crippen molar-refractivity contribution in [2.75, 3.05) is 13.2 Å². The molecule has 2 rings (SSSR count). The summed E-state index contributed by atoms with van der Waals surface area (Å²) in [6, 6.07) is 13.4. The normalized spacial score (nSPS) is 10.5. The number of nitro benzene ring substituents is 1. The highest BCUT2D eigenvalue weighted by Gasteiger charge is 2.09. The van der Waals surface area contributed by atoms with Crippen LogP contribution in [0.5, 0.6) is 5.75 Å². The van der Waals surface area contributed by atoms with Gasteiger partial charge in [0.15, 0.2) is 0 Å². The van der Waals surface area contributed by atoms with Crippen molar-refractivity contribution in [3.05, 3.63) is 69.8 Å². The van der Waals surface area contributed by atoms with E-state index in [-0.39, 0.29) is 11.6 Å². The maximum Gasteiger partial charge on any atom is 0.269 e. The quantitative estimate of drug-likeness (QED) is 0.587. The van der Waals surface area contributed by atoms with Gasteiger partial charge >= 0.3 is 0 Å². The Bertz CT molecular complexity index is 709. The molecule has 2 aromatic rings. The zero-order valence-corrected chi connectivity index (χ0v) is 14.4. The van der Waals surface area contributed by atoms with E-state index in [1.807, 2.05) is 24.3 Å². The van der Waals surface area contributed by atoms with Crippen molar-refractivity contribution in [2.45, 2.75) is 20.3 Å². The third-order valence-corrected chi connectivity index (χ3v) is 3.55. The minimum atomic E-state index is -0.490. The number of amides is 1. The van der Waals surface area contributed by atoms with E-state index in [0.717, 1.165) is 11.3 Å². The van der Waals surface area contributed by atoms with Gasteiger partial charge in [0.05, 0.1) is 11.5 Å². The highest BCUT2D eigenvalue weighted by Crippen LogP contribution is 2.14. The number of nitrogens with one attached hydrogen (secondary N) is 1. The number of ether oxygens (including phenoxy) is 1. The molecule has 2 aromatic carbocycles.